The Morgan fingerprint density at radius 2 is 2.15 bits per heavy atom. The van der Waals surface area contributed by atoms with E-state index in [9.17, 15) is 4.79 Å². The highest BCUT2D eigenvalue weighted by molar-refractivity contribution is 9.10. The number of aromatic nitrogens is 3. The number of carbonyl (C=O) groups is 1. The first-order valence-electron chi connectivity index (χ1n) is 6.54. The molecule has 0 atom stereocenters. The smallest absolute Gasteiger partial charge is 0.375 e. The lowest BCUT2D eigenvalue weighted by molar-refractivity contribution is 0.0683. The van der Waals surface area contributed by atoms with Crippen LogP contribution in [-0.2, 0) is 12.8 Å². The molecule has 0 aliphatic carbocycles. The third kappa shape index (κ3) is 2.90. The van der Waals surface area contributed by atoms with Crippen LogP contribution in [0.2, 0.25) is 0 Å². The van der Waals surface area contributed by atoms with Crippen LogP contribution >= 0.6 is 15.9 Å². The van der Waals surface area contributed by atoms with E-state index in [1.165, 1.54) is 0 Å². The highest BCUT2D eigenvalue weighted by atomic mass is 79.9. The summed E-state index contributed by atoms with van der Waals surface area (Å²) in [6, 6.07) is 5.88. The van der Waals surface area contributed by atoms with Crippen molar-refractivity contribution in [3.8, 4) is 5.69 Å². The highest BCUT2D eigenvalue weighted by Crippen LogP contribution is 2.22. The first-order chi connectivity index (χ1) is 9.56. The third-order valence-electron chi connectivity index (χ3n) is 2.99. The van der Waals surface area contributed by atoms with Crippen LogP contribution in [0.25, 0.3) is 5.69 Å². The number of hydrogen-bond acceptors (Lipinski definition) is 3. The minimum atomic E-state index is -1.10. The van der Waals surface area contributed by atoms with Crippen molar-refractivity contribution < 1.29 is 9.90 Å². The summed E-state index contributed by atoms with van der Waals surface area (Å²) in [4.78, 5) is 15.2. The Bertz CT molecular complexity index is 637. The number of nitrogens with zero attached hydrogens (tertiary/aromatic N) is 3. The minimum absolute atomic E-state index is 0.154. The molecule has 2 aromatic rings. The van der Waals surface area contributed by atoms with Gasteiger partial charge in [0.1, 0.15) is 5.82 Å². The van der Waals surface area contributed by atoms with Crippen LogP contribution in [0, 0.1) is 0 Å². The molecule has 106 valence electrons. The summed E-state index contributed by atoms with van der Waals surface area (Å²) in [7, 11) is 0. The molecule has 1 aromatic carbocycles. The summed E-state index contributed by atoms with van der Waals surface area (Å²) in [5.41, 5.74) is 1.98. The molecular formula is C14H16BrN3O2. The van der Waals surface area contributed by atoms with Gasteiger partial charge in [-0.15, -0.1) is 5.10 Å². The average Bonchev–Trinajstić information content (AvgIpc) is 2.83. The average molecular weight is 338 g/mol. The Morgan fingerprint density at radius 3 is 2.75 bits per heavy atom. The quantitative estimate of drug-likeness (QED) is 0.909. The maximum absolute atomic E-state index is 11.1. The second-order valence-electron chi connectivity index (χ2n) is 4.45. The zero-order chi connectivity index (χ0) is 14.7. The second-order valence-corrected chi connectivity index (χ2v) is 5.36. The maximum atomic E-state index is 11.1. The molecule has 0 fully saturated rings. The summed E-state index contributed by atoms with van der Waals surface area (Å²) in [6.07, 6.45) is 2.41. The number of aryl methyl sites for hydroxylation is 2. The lowest BCUT2D eigenvalue weighted by Gasteiger charge is -2.10. The van der Waals surface area contributed by atoms with E-state index in [0.717, 1.165) is 28.6 Å². The van der Waals surface area contributed by atoms with Gasteiger partial charge in [0.15, 0.2) is 0 Å². The molecule has 0 bridgehead atoms. The minimum Gasteiger partial charge on any atom is -0.475 e. The lowest BCUT2D eigenvalue weighted by atomic mass is 10.1. The molecule has 6 heteroatoms. The van der Waals surface area contributed by atoms with Gasteiger partial charge >= 0.3 is 5.97 Å². The fourth-order valence-corrected chi connectivity index (χ4v) is 2.47. The monoisotopic (exact) mass is 337 g/mol. The van der Waals surface area contributed by atoms with Crippen molar-refractivity contribution >= 4 is 21.9 Å². The molecule has 0 saturated carbocycles. The van der Waals surface area contributed by atoms with Crippen LogP contribution in [0.5, 0.6) is 0 Å². The molecule has 5 nitrogen and oxygen atoms in total. The van der Waals surface area contributed by atoms with E-state index in [0.29, 0.717) is 12.2 Å². The second kappa shape index (κ2) is 6.17. The van der Waals surface area contributed by atoms with Crippen molar-refractivity contribution in [2.75, 3.05) is 0 Å². The number of rotatable bonds is 5. The molecule has 0 aliphatic heterocycles. The molecule has 2 rings (SSSR count). The number of halogens is 1. The summed E-state index contributed by atoms with van der Waals surface area (Å²) in [5, 5.41) is 13.2. The lowest BCUT2D eigenvalue weighted by Crippen LogP contribution is -2.06. The van der Waals surface area contributed by atoms with E-state index >= 15 is 0 Å². The maximum Gasteiger partial charge on any atom is 0.375 e. The first kappa shape index (κ1) is 14.7. The van der Waals surface area contributed by atoms with Gasteiger partial charge < -0.3 is 5.11 Å². The van der Waals surface area contributed by atoms with Gasteiger partial charge in [-0.2, -0.15) is 0 Å². The van der Waals surface area contributed by atoms with E-state index < -0.39 is 5.97 Å². The molecule has 1 N–H and O–H groups in total. The number of carboxylic acids is 1. The van der Waals surface area contributed by atoms with Gasteiger partial charge in [-0.25, -0.2) is 14.5 Å². The molecule has 1 aromatic heterocycles. The number of benzene rings is 1. The fourth-order valence-electron chi connectivity index (χ4n) is 2.06. The van der Waals surface area contributed by atoms with Crippen molar-refractivity contribution in [2.45, 2.75) is 33.1 Å². The van der Waals surface area contributed by atoms with Crippen LogP contribution in [-0.4, -0.2) is 25.8 Å². The van der Waals surface area contributed by atoms with Gasteiger partial charge in [0, 0.05) is 10.9 Å². The molecule has 0 aliphatic rings. The first-order valence-corrected chi connectivity index (χ1v) is 7.34. The summed E-state index contributed by atoms with van der Waals surface area (Å²) in [6.45, 7) is 4.08. The van der Waals surface area contributed by atoms with Gasteiger partial charge in [-0.3, -0.25) is 0 Å². The molecule has 1 heterocycles. The Labute approximate surface area is 125 Å². The van der Waals surface area contributed by atoms with E-state index in [-0.39, 0.29) is 5.82 Å². The topological polar surface area (TPSA) is 68.0 Å². The molecular weight excluding hydrogens is 322 g/mol. The SMILES string of the molecule is CCCc1nc(C(=O)O)nn1-c1ccc(Br)cc1CC. The Morgan fingerprint density at radius 1 is 1.40 bits per heavy atom. The molecule has 0 radical (unpaired) electrons. The van der Waals surface area contributed by atoms with Crippen LogP contribution in [0.4, 0.5) is 0 Å². The highest BCUT2D eigenvalue weighted by Gasteiger charge is 2.17. The number of carboxylic acid groups (broad SMARTS) is 1. The van der Waals surface area contributed by atoms with Gasteiger partial charge in [0.2, 0.25) is 0 Å². The molecule has 0 spiro atoms. The van der Waals surface area contributed by atoms with Gasteiger partial charge in [0.25, 0.3) is 5.82 Å². The van der Waals surface area contributed by atoms with E-state index in [1.807, 2.05) is 25.1 Å². The Balaban J connectivity index is 2.58. The number of aromatic carboxylic acids is 1. The molecule has 0 unspecified atom stereocenters. The predicted molar refractivity (Wildman–Crippen MR) is 79.4 cm³/mol. The van der Waals surface area contributed by atoms with Crippen molar-refractivity contribution in [3.63, 3.8) is 0 Å². The van der Waals surface area contributed by atoms with Crippen LogP contribution < -0.4 is 0 Å². The van der Waals surface area contributed by atoms with E-state index in [4.69, 9.17) is 5.11 Å². The van der Waals surface area contributed by atoms with Gasteiger partial charge in [-0.05, 0) is 36.6 Å². The van der Waals surface area contributed by atoms with Crippen molar-refractivity contribution in [2.24, 2.45) is 0 Å². The predicted octanol–water partition coefficient (Wildman–Crippen LogP) is 3.24. The van der Waals surface area contributed by atoms with Gasteiger partial charge in [0.05, 0.1) is 5.69 Å². The van der Waals surface area contributed by atoms with Crippen molar-refractivity contribution in [1.29, 1.82) is 0 Å². The zero-order valence-electron chi connectivity index (χ0n) is 11.4. The molecule has 0 saturated heterocycles. The summed E-state index contributed by atoms with van der Waals surface area (Å²) < 4.78 is 2.65. The number of hydrogen-bond donors (Lipinski definition) is 1. The normalized spacial score (nSPS) is 10.8. The standard InChI is InChI=1S/C14H16BrN3O2/c1-3-5-12-16-13(14(19)20)17-18(12)11-7-6-10(15)8-9(11)4-2/h6-8H,3-5H2,1-2H3,(H,19,20). The summed E-state index contributed by atoms with van der Waals surface area (Å²) in [5.74, 6) is -0.573. The Hall–Kier alpha value is -1.69. The van der Waals surface area contributed by atoms with Crippen LogP contribution in [0.1, 0.15) is 42.3 Å². The van der Waals surface area contributed by atoms with Crippen LogP contribution in [0.15, 0.2) is 22.7 Å². The fraction of sp³-hybridized carbons (Fsp3) is 0.357. The van der Waals surface area contributed by atoms with Crippen molar-refractivity contribution in [3.05, 3.63) is 39.9 Å². The van der Waals surface area contributed by atoms with E-state index in [2.05, 4.69) is 32.9 Å². The third-order valence-corrected chi connectivity index (χ3v) is 3.48. The van der Waals surface area contributed by atoms with Crippen LogP contribution in [0.3, 0.4) is 0 Å². The van der Waals surface area contributed by atoms with E-state index in [1.54, 1.807) is 4.68 Å². The molecule has 0 amide bonds. The van der Waals surface area contributed by atoms with Gasteiger partial charge in [-0.1, -0.05) is 29.8 Å². The summed E-state index contributed by atoms with van der Waals surface area (Å²) >= 11 is 3.45. The molecule has 20 heavy (non-hydrogen) atoms. The Kier molecular flexibility index (Phi) is 4.54. The zero-order valence-corrected chi connectivity index (χ0v) is 13.0. The largest absolute Gasteiger partial charge is 0.475 e. The van der Waals surface area contributed by atoms with Crippen molar-refractivity contribution in [1.82, 2.24) is 14.8 Å².